The summed E-state index contributed by atoms with van der Waals surface area (Å²) in [5.41, 5.74) is 2.22. The van der Waals surface area contributed by atoms with Gasteiger partial charge < -0.3 is 5.11 Å². The lowest BCUT2D eigenvalue weighted by molar-refractivity contribution is 0.0697. The molecular weight excluding hydrogens is 264 g/mol. The summed E-state index contributed by atoms with van der Waals surface area (Å²) in [4.78, 5) is 15.5. The van der Waals surface area contributed by atoms with E-state index in [0.29, 0.717) is 16.2 Å². The quantitative estimate of drug-likeness (QED) is 0.778. The van der Waals surface area contributed by atoms with Crippen molar-refractivity contribution in [1.29, 1.82) is 0 Å². The number of carboxylic acid groups (broad SMARTS) is 1. The van der Waals surface area contributed by atoms with Crippen LogP contribution in [0.2, 0.25) is 5.02 Å². The Morgan fingerprint density at radius 3 is 2.68 bits per heavy atom. The van der Waals surface area contributed by atoms with E-state index in [1.165, 1.54) is 6.07 Å². The number of imidazole rings is 1. The molecule has 5 heteroatoms. The van der Waals surface area contributed by atoms with Crippen LogP contribution in [0.3, 0.4) is 0 Å². The van der Waals surface area contributed by atoms with Crippen molar-refractivity contribution in [3.8, 4) is 11.3 Å². The highest BCUT2D eigenvalue weighted by atomic mass is 35.5. The molecule has 0 saturated heterocycles. The van der Waals surface area contributed by atoms with Gasteiger partial charge in [-0.25, -0.2) is 9.78 Å². The predicted octanol–water partition coefficient (Wildman–Crippen LogP) is 3.35. The van der Waals surface area contributed by atoms with Gasteiger partial charge in [-0.3, -0.25) is 4.40 Å². The van der Waals surface area contributed by atoms with Crippen LogP contribution >= 0.6 is 11.6 Å². The summed E-state index contributed by atoms with van der Waals surface area (Å²) < 4.78 is 1.70. The van der Waals surface area contributed by atoms with Crippen LogP contribution in [0.1, 0.15) is 10.4 Å². The molecule has 0 spiro atoms. The van der Waals surface area contributed by atoms with E-state index in [0.717, 1.165) is 5.56 Å². The molecule has 0 aliphatic carbocycles. The van der Waals surface area contributed by atoms with Crippen molar-refractivity contribution < 1.29 is 9.90 Å². The number of fused-ring (bicyclic) bond motifs is 1. The maximum Gasteiger partial charge on any atom is 0.337 e. The monoisotopic (exact) mass is 272 g/mol. The third-order valence-corrected chi connectivity index (χ3v) is 3.23. The largest absolute Gasteiger partial charge is 0.478 e. The highest BCUT2D eigenvalue weighted by Gasteiger charge is 2.17. The van der Waals surface area contributed by atoms with E-state index in [-0.39, 0.29) is 5.56 Å². The number of pyridine rings is 1. The lowest BCUT2D eigenvalue weighted by Gasteiger charge is -2.11. The van der Waals surface area contributed by atoms with E-state index < -0.39 is 5.97 Å². The predicted molar refractivity (Wildman–Crippen MR) is 72.6 cm³/mol. The topological polar surface area (TPSA) is 54.6 Å². The first-order chi connectivity index (χ1) is 9.18. The normalized spacial score (nSPS) is 10.8. The molecule has 3 rings (SSSR count). The Labute approximate surface area is 113 Å². The van der Waals surface area contributed by atoms with Gasteiger partial charge in [0.1, 0.15) is 0 Å². The zero-order valence-electron chi connectivity index (χ0n) is 9.75. The fraction of sp³-hybridized carbons (Fsp3) is 0. The molecule has 0 fully saturated rings. The number of nitrogens with zero attached hydrogens (tertiary/aromatic N) is 2. The second-order valence-electron chi connectivity index (χ2n) is 4.07. The zero-order valence-corrected chi connectivity index (χ0v) is 10.5. The Balaban J connectivity index is 2.44. The number of carboxylic acids is 1. The molecule has 0 unspecified atom stereocenters. The van der Waals surface area contributed by atoms with Gasteiger partial charge in [0.05, 0.1) is 34.3 Å². The second-order valence-corrected chi connectivity index (χ2v) is 4.48. The Hall–Kier alpha value is -2.33. The maximum atomic E-state index is 11.4. The summed E-state index contributed by atoms with van der Waals surface area (Å²) in [5, 5.41) is 9.73. The van der Waals surface area contributed by atoms with Crippen molar-refractivity contribution >= 4 is 23.1 Å². The van der Waals surface area contributed by atoms with E-state index in [2.05, 4.69) is 4.98 Å². The molecule has 3 aromatic rings. The lowest BCUT2D eigenvalue weighted by Crippen LogP contribution is -2.04. The van der Waals surface area contributed by atoms with E-state index in [4.69, 9.17) is 11.6 Å². The summed E-state index contributed by atoms with van der Waals surface area (Å²) in [6.45, 7) is 0. The van der Waals surface area contributed by atoms with Crippen LogP contribution in [0.5, 0.6) is 0 Å². The standard InChI is InChI=1S/C14H9ClN2O2/c15-11-6-10(14(18)19)13(9-4-2-1-3-5-9)17-8-16-7-12(11)17/h1-8H,(H,18,19). The van der Waals surface area contributed by atoms with E-state index in [9.17, 15) is 9.90 Å². The summed E-state index contributed by atoms with van der Waals surface area (Å²) in [7, 11) is 0. The molecule has 0 bridgehead atoms. The van der Waals surface area contributed by atoms with Gasteiger partial charge in [-0.1, -0.05) is 41.9 Å². The van der Waals surface area contributed by atoms with Crippen molar-refractivity contribution in [1.82, 2.24) is 9.38 Å². The Kier molecular flexibility index (Phi) is 2.72. The Bertz CT molecular complexity index is 766. The highest BCUT2D eigenvalue weighted by Crippen LogP contribution is 2.29. The second kappa shape index (κ2) is 4.40. The minimum Gasteiger partial charge on any atom is -0.478 e. The van der Waals surface area contributed by atoms with Crippen LogP contribution in [0.15, 0.2) is 48.9 Å². The van der Waals surface area contributed by atoms with Gasteiger partial charge in [-0.15, -0.1) is 0 Å². The molecule has 0 radical (unpaired) electrons. The van der Waals surface area contributed by atoms with Crippen LogP contribution in [0, 0.1) is 0 Å². The fourth-order valence-electron chi connectivity index (χ4n) is 2.10. The lowest BCUT2D eigenvalue weighted by atomic mass is 10.1. The average molecular weight is 273 g/mol. The minimum atomic E-state index is -1.02. The van der Waals surface area contributed by atoms with Gasteiger partial charge >= 0.3 is 5.97 Å². The van der Waals surface area contributed by atoms with E-state index >= 15 is 0 Å². The summed E-state index contributed by atoms with van der Waals surface area (Å²) >= 11 is 6.08. The number of hydrogen-bond donors (Lipinski definition) is 1. The van der Waals surface area contributed by atoms with Crippen LogP contribution in [0.4, 0.5) is 0 Å². The number of aromatic carboxylic acids is 1. The third kappa shape index (κ3) is 1.86. The van der Waals surface area contributed by atoms with Gasteiger partial charge in [0.15, 0.2) is 0 Å². The van der Waals surface area contributed by atoms with Gasteiger partial charge in [-0.2, -0.15) is 0 Å². The molecule has 0 amide bonds. The van der Waals surface area contributed by atoms with Crippen molar-refractivity contribution in [2.45, 2.75) is 0 Å². The number of rotatable bonds is 2. The van der Waals surface area contributed by atoms with Crippen LogP contribution < -0.4 is 0 Å². The SMILES string of the molecule is O=C(O)c1cc(Cl)c2cncn2c1-c1ccccc1. The molecule has 19 heavy (non-hydrogen) atoms. The smallest absolute Gasteiger partial charge is 0.337 e. The molecule has 0 aliphatic heterocycles. The van der Waals surface area contributed by atoms with Gasteiger partial charge in [-0.05, 0) is 11.6 Å². The molecule has 2 aromatic heterocycles. The Morgan fingerprint density at radius 2 is 2.00 bits per heavy atom. The zero-order chi connectivity index (χ0) is 13.4. The Morgan fingerprint density at radius 1 is 1.26 bits per heavy atom. The molecule has 0 aliphatic rings. The number of hydrogen-bond acceptors (Lipinski definition) is 2. The molecule has 4 nitrogen and oxygen atoms in total. The number of halogens is 1. The first-order valence-corrected chi connectivity index (χ1v) is 5.99. The summed E-state index contributed by atoms with van der Waals surface area (Å²) in [6, 6.07) is 10.8. The van der Waals surface area contributed by atoms with Crippen molar-refractivity contribution in [2.75, 3.05) is 0 Å². The van der Waals surface area contributed by atoms with Gasteiger partial charge in [0, 0.05) is 0 Å². The molecule has 0 atom stereocenters. The molecule has 1 N–H and O–H groups in total. The van der Waals surface area contributed by atoms with Crippen molar-refractivity contribution in [3.63, 3.8) is 0 Å². The molecular formula is C14H9ClN2O2. The van der Waals surface area contributed by atoms with Crippen molar-refractivity contribution in [2.24, 2.45) is 0 Å². The van der Waals surface area contributed by atoms with Crippen molar-refractivity contribution in [3.05, 3.63) is 59.5 Å². The van der Waals surface area contributed by atoms with Crippen LogP contribution in [-0.4, -0.2) is 20.5 Å². The number of aromatic nitrogens is 2. The number of benzene rings is 1. The number of carbonyl (C=O) groups is 1. The first-order valence-electron chi connectivity index (χ1n) is 5.62. The molecule has 2 heterocycles. The van der Waals surface area contributed by atoms with Crippen LogP contribution in [-0.2, 0) is 0 Å². The fourth-order valence-corrected chi connectivity index (χ4v) is 2.35. The highest BCUT2D eigenvalue weighted by molar-refractivity contribution is 6.34. The minimum absolute atomic E-state index is 0.154. The summed E-state index contributed by atoms with van der Waals surface area (Å²) in [6.07, 6.45) is 3.18. The summed E-state index contributed by atoms with van der Waals surface area (Å²) in [5.74, 6) is -1.02. The molecule has 94 valence electrons. The maximum absolute atomic E-state index is 11.4. The average Bonchev–Trinajstić information content (AvgIpc) is 2.89. The van der Waals surface area contributed by atoms with Gasteiger partial charge in [0.2, 0.25) is 0 Å². The van der Waals surface area contributed by atoms with Gasteiger partial charge in [0.25, 0.3) is 0 Å². The molecule has 0 saturated carbocycles. The van der Waals surface area contributed by atoms with Crippen LogP contribution in [0.25, 0.3) is 16.8 Å². The molecule has 1 aromatic carbocycles. The first kappa shape index (κ1) is 11.7. The van der Waals surface area contributed by atoms with E-state index in [1.807, 2.05) is 30.3 Å². The third-order valence-electron chi connectivity index (χ3n) is 2.93. The van der Waals surface area contributed by atoms with E-state index in [1.54, 1.807) is 16.9 Å².